The van der Waals surface area contributed by atoms with Gasteiger partial charge in [0.1, 0.15) is 5.82 Å². The maximum atomic E-state index is 12.8. The summed E-state index contributed by atoms with van der Waals surface area (Å²) in [5.74, 6) is -0.272. The van der Waals surface area contributed by atoms with Crippen molar-refractivity contribution in [3.63, 3.8) is 0 Å². The zero-order valence-electron chi connectivity index (χ0n) is 9.31. The minimum absolute atomic E-state index is 0.272. The largest absolute Gasteiger partial charge is 0.310 e. The van der Waals surface area contributed by atoms with E-state index in [0.29, 0.717) is 11.1 Å². The van der Waals surface area contributed by atoms with Crippen molar-refractivity contribution in [3.8, 4) is 0 Å². The van der Waals surface area contributed by atoms with E-state index in [1.165, 1.54) is 44.2 Å². The van der Waals surface area contributed by atoms with Crippen molar-refractivity contribution in [1.82, 2.24) is 5.32 Å². The monoisotopic (exact) mass is 241 g/mol. The zero-order chi connectivity index (χ0) is 11.4. The lowest BCUT2D eigenvalue weighted by Crippen LogP contribution is -2.30. The average Bonchev–Trinajstić information content (AvgIpc) is 2.29. The van der Waals surface area contributed by atoms with Crippen LogP contribution in [-0.2, 0) is 6.54 Å². The van der Waals surface area contributed by atoms with Gasteiger partial charge in [0.15, 0.2) is 0 Å². The molecule has 1 fully saturated rings. The van der Waals surface area contributed by atoms with E-state index in [0.717, 1.165) is 12.1 Å². The molecule has 1 saturated carbocycles. The Morgan fingerprint density at radius 3 is 2.69 bits per heavy atom. The van der Waals surface area contributed by atoms with E-state index in [1.807, 2.05) is 0 Å². The van der Waals surface area contributed by atoms with E-state index in [9.17, 15) is 4.39 Å². The van der Waals surface area contributed by atoms with Gasteiger partial charge in [-0.2, -0.15) is 0 Å². The van der Waals surface area contributed by atoms with Gasteiger partial charge in [0, 0.05) is 17.6 Å². The van der Waals surface area contributed by atoms with Gasteiger partial charge in [0.25, 0.3) is 0 Å². The van der Waals surface area contributed by atoms with Gasteiger partial charge < -0.3 is 5.32 Å². The zero-order valence-corrected chi connectivity index (χ0v) is 10.1. The first-order valence-electron chi connectivity index (χ1n) is 5.93. The molecule has 3 heteroatoms. The third-order valence-corrected chi connectivity index (χ3v) is 3.55. The van der Waals surface area contributed by atoms with E-state index < -0.39 is 0 Å². The Bertz CT molecular complexity index is 348. The summed E-state index contributed by atoms with van der Waals surface area (Å²) < 4.78 is 12.8. The van der Waals surface area contributed by atoms with Gasteiger partial charge in [0.05, 0.1) is 0 Å². The van der Waals surface area contributed by atoms with E-state index >= 15 is 0 Å². The van der Waals surface area contributed by atoms with Crippen LogP contribution in [0, 0.1) is 5.82 Å². The Morgan fingerprint density at radius 1 is 1.25 bits per heavy atom. The molecule has 1 aromatic rings. The summed E-state index contributed by atoms with van der Waals surface area (Å²) in [6, 6.07) is 5.20. The fourth-order valence-corrected chi connectivity index (χ4v) is 2.46. The van der Waals surface area contributed by atoms with Gasteiger partial charge in [0.2, 0.25) is 0 Å². The number of rotatable bonds is 3. The van der Waals surface area contributed by atoms with Crippen LogP contribution in [0.1, 0.15) is 37.7 Å². The summed E-state index contributed by atoms with van der Waals surface area (Å²) >= 11 is 5.97. The predicted molar refractivity (Wildman–Crippen MR) is 65.1 cm³/mol. The third kappa shape index (κ3) is 3.19. The molecule has 1 nitrogen and oxygen atoms in total. The van der Waals surface area contributed by atoms with Crippen molar-refractivity contribution in [2.45, 2.75) is 44.7 Å². The summed E-state index contributed by atoms with van der Waals surface area (Å²) in [6.45, 7) is 0.740. The topological polar surface area (TPSA) is 12.0 Å². The van der Waals surface area contributed by atoms with E-state index in [2.05, 4.69) is 5.32 Å². The minimum Gasteiger partial charge on any atom is -0.310 e. The van der Waals surface area contributed by atoms with Crippen LogP contribution in [-0.4, -0.2) is 6.04 Å². The molecule has 2 rings (SSSR count). The van der Waals surface area contributed by atoms with Crippen molar-refractivity contribution >= 4 is 11.6 Å². The second-order valence-electron chi connectivity index (χ2n) is 4.45. The molecule has 1 aliphatic carbocycles. The Hall–Kier alpha value is -0.600. The molecule has 0 unspecified atom stereocenters. The average molecular weight is 242 g/mol. The number of halogens is 2. The molecule has 0 atom stereocenters. The standard InChI is InChI=1S/C13H17ClFN/c14-13-8-11(15)7-6-10(13)9-16-12-4-2-1-3-5-12/h6-8,12,16H,1-5,9H2. The first-order valence-corrected chi connectivity index (χ1v) is 6.31. The van der Waals surface area contributed by atoms with Crippen LogP contribution in [0.5, 0.6) is 0 Å². The Kier molecular flexibility index (Phi) is 4.19. The molecule has 1 aliphatic rings. The third-order valence-electron chi connectivity index (χ3n) is 3.20. The number of benzene rings is 1. The molecule has 0 aliphatic heterocycles. The first kappa shape index (κ1) is 11.9. The number of nitrogens with one attached hydrogen (secondary N) is 1. The van der Waals surface area contributed by atoms with Crippen LogP contribution in [0.2, 0.25) is 5.02 Å². The maximum Gasteiger partial charge on any atom is 0.124 e. The highest BCUT2D eigenvalue weighted by Crippen LogP contribution is 2.20. The lowest BCUT2D eigenvalue weighted by molar-refractivity contribution is 0.372. The van der Waals surface area contributed by atoms with Crippen LogP contribution < -0.4 is 5.32 Å². The molecule has 88 valence electrons. The molecule has 0 amide bonds. The van der Waals surface area contributed by atoms with Gasteiger partial charge in [-0.05, 0) is 30.5 Å². The van der Waals surface area contributed by atoms with Gasteiger partial charge in [-0.15, -0.1) is 0 Å². The molecule has 0 saturated heterocycles. The van der Waals surface area contributed by atoms with Gasteiger partial charge in [-0.25, -0.2) is 4.39 Å². The van der Waals surface area contributed by atoms with Crippen LogP contribution in [0.3, 0.4) is 0 Å². The van der Waals surface area contributed by atoms with E-state index in [-0.39, 0.29) is 5.82 Å². The molecule has 0 aromatic heterocycles. The second kappa shape index (κ2) is 5.65. The van der Waals surface area contributed by atoms with Crippen molar-refractivity contribution in [2.75, 3.05) is 0 Å². The summed E-state index contributed by atoms with van der Waals surface area (Å²) in [4.78, 5) is 0. The lowest BCUT2D eigenvalue weighted by Gasteiger charge is -2.23. The SMILES string of the molecule is Fc1ccc(CNC2CCCCC2)c(Cl)c1. The summed E-state index contributed by atoms with van der Waals surface area (Å²) in [5, 5.41) is 4.01. The number of hydrogen-bond acceptors (Lipinski definition) is 1. The Morgan fingerprint density at radius 2 is 2.00 bits per heavy atom. The van der Waals surface area contributed by atoms with Gasteiger partial charge in [-0.3, -0.25) is 0 Å². The van der Waals surface area contributed by atoms with Crippen molar-refractivity contribution in [1.29, 1.82) is 0 Å². The molecule has 0 heterocycles. The quantitative estimate of drug-likeness (QED) is 0.846. The van der Waals surface area contributed by atoms with E-state index in [4.69, 9.17) is 11.6 Å². The van der Waals surface area contributed by atoms with Crippen LogP contribution in [0.15, 0.2) is 18.2 Å². The molecule has 16 heavy (non-hydrogen) atoms. The highest BCUT2D eigenvalue weighted by Gasteiger charge is 2.12. The fourth-order valence-electron chi connectivity index (χ4n) is 2.23. The van der Waals surface area contributed by atoms with Crippen molar-refractivity contribution in [3.05, 3.63) is 34.6 Å². The van der Waals surface area contributed by atoms with Crippen molar-refractivity contribution in [2.24, 2.45) is 0 Å². The number of hydrogen-bond donors (Lipinski definition) is 1. The predicted octanol–water partition coefficient (Wildman–Crippen LogP) is 3.90. The fraction of sp³-hybridized carbons (Fsp3) is 0.538. The highest BCUT2D eigenvalue weighted by atomic mass is 35.5. The van der Waals surface area contributed by atoms with Crippen LogP contribution in [0.4, 0.5) is 4.39 Å². The molecular formula is C13H17ClFN. The lowest BCUT2D eigenvalue weighted by atomic mass is 9.95. The summed E-state index contributed by atoms with van der Waals surface area (Å²) in [6.07, 6.45) is 6.48. The molecule has 0 radical (unpaired) electrons. The molecular weight excluding hydrogens is 225 g/mol. The normalized spacial score (nSPS) is 17.6. The first-order chi connectivity index (χ1) is 7.75. The molecule has 1 N–H and O–H groups in total. The summed E-state index contributed by atoms with van der Waals surface area (Å²) in [5.41, 5.74) is 0.980. The summed E-state index contributed by atoms with van der Waals surface area (Å²) in [7, 11) is 0. The molecule has 0 bridgehead atoms. The van der Waals surface area contributed by atoms with E-state index in [1.54, 1.807) is 6.07 Å². The van der Waals surface area contributed by atoms with Crippen molar-refractivity contribution < 1.29 is 4.39 Å². The van der Waals surface area contributed by atoms with Gasteiger partial charge >= 0.3 is 0 Å². The minimum atomic E-state index is -0.272. The Balaban J connectivity index is 1.88. The Labute approximate surface area is 101 Å². The van der Waals surface area contributed by atoms with Crippen LogP contribution >= 0.6 is 11.6 Å². The molecule has 1 aromatic carbocycles. The second-order valence-corrected chi connectivity index (χ2v) is 4.86. The maximum absolute atomic E-state index is 12.8. The van der Waals surface area contributed by atoms with Gasteiger partial charge in [-0.1, -0.05) is 36.9 Å². The smallest absolute Gasteiger partial charge is 0.124 e. The van der Waals surface area contributed by atoms with Crippen LogP contribution in [0.25, 0.3) is 0 Å². The highest BCUT2D eigenvalue weighted by molar-refractivity contribution is 6.31. The molecule has 0 spiro atoms.